The first-order valence-electron chi connectivity index (χ1n) is 8.08. The molecule has 0 bridgehead atoms. The summed E-state index contributed by atoms with van der Waals surface area (Å²) >= 11 is 0. The first-order chi connectivity index (χ1) is 11.9. The van der Waals surface area contributed by atoms with Crippen LogP contribution in [-0.4, -0.2) is 4.98 Å². The number of benzene rings is 4. The smallest absolute Gasteiger partial charge is 0.0979 e. The van der Waals surface area contributed by atoms with Gasteiger partial charge in [0.25, 0.3) is 0 Å². The van der Waals surface area contributed by atoms with Crippen LogP contribution in [0.3, 0.4) is 0 Å². The van der Waals surface area contributed by atoms with Gasteiger partial charge in [-0.25, -0.2) is 4.98 Å². The number of para-hydroxylation sites is 1. The lowest BCUT2D eigenvalue weighted by atomic mass is 9.96. The first-order valence-corrected chi connectivity index (χ1v) is 8.08. The Hall–Kier alpha value is -3.19. The van der Waals surface area contributed by atoms with Crippen molar-refractivity contribution in [2.24, 2.45) is 0 Å². The molecule has 1 heterocycles. The van der Waals surface area contributed by atoms with E-state index in [1.54, 1.807) is 0 Å². The van der Waals surface area contributed by atoms with Gasteiger partial charge in [-0.1, -0.05) is 60.7 Å². The Kier molecular flexibility index (Phi) is 2.86. The number of hydrogen-bond acceptors (Lipinski definition) is 1. The van der Waals surface area contributed by atoms with E-state index in [1.165, 1.54) is 27.1 Å². The van der Waals surface area contributed by atoms with Crippen LogP contribution in [0, 0.1) is 6.20 Å². The number of nitrogens with zero attached hydrogens (tertiary/aromatic N) is 1. The summed E-state index contributed by atoms with van der Waals surface area (Å²) in [4.78, 5) is 4.50. The van der Waals surface area contributed by atoms with Crippen molar-refractivity contribution in [3.63, 3.8) is 0 Å². The fourth-order valence-corrected chi connectivity index (χ4v) is 3.36. The molecule has 1 heteroatoms. The van der Waals surface area contributed by atoms with Gasteiger partial charge in [0, 0.05) is 10.9 Å². The van der Waals surface area contributed by atoms with E-state index in [4.69, 9.17) is 0 Å². The number of pyridine rings is 1. The Morgan fingerprint density at radius 2 is 1.29 bits per heavy atom. The third kappa shape index (κ3) is 2.06. The summed E-state index contributed by atoms with van der Waals surface area (Å²) in [5.41, 5.74) is 3.19. The zero-order valence-corrected chi connectivity index (χ0v) is 13.0. The minimum Gasteiger partial charge on any atom is -0.245 e. The Morgan fingerprint density at radius 3 is 2.17 bits per heavy atom. The molecule has 1 nitrogen and oxygen atoms in total. The average molecular weight is 304 g/mol. The van der Waals surface area contributed by atoms with Crippen molar-refractivity contribution in [2.75, 3.05) is 0 Å². The average Bonchev–Trinajstić information content (AvgIpc) is 2.65. The molecular formula is C23H14N. The fraction of sp³-hybridized carbons (Fsp3) is 0. The van der Waals surface area contributed by atoms with Gasteiger partial charge in [-0.2, -0.15) is 0 Å². The van der Waals surface area contributed by atoms with E-state index in [2.05, 4.69) is 77.9 Å². The Balaban J connectivity index is 1.82. The lowest BCUT2D eigenvalue weighted by Gasteiger charge is -2.09. The molecule has 0 aliphatic rings. The van der Waals surface area contributed by atoms with Crippen LogP contribution in [0.4, 0.5) is 0 Å². The molecule has 0 unspecified atom stereocenters. The van der Waals surface area contributed by atoms with Crippen molar-refractivity contribution >= 4 is 32.4 Å². The summed E-state index contributed by atoms with van der Waals surface area (Å²) < 4.78 is 0. The minimum absolute atomic E-state index is 0.979. The van der Waals surface area contributed by atoms with Crippen LogP contribution in [0.5, 0.6) is 0 Å². The van der Waals surface area contributed by atoms with E-state index in [9.17, 15) is 0 Å². The van der Waals surface area contributed by atoms with Gasteiger partial charge in [-0.05, 0) is 51.4 Å². The number of hydrogen-bond donors (Lipinski definition) is 0. The maximum absolute atomic E-state index is 4.50. The predicted molar refractivity (Wildman–Crippen MR) is 101 cm³/mol. The molecule has 111 valence electrons. The van der Waals surface area contributed by atoms with Crippen LogP contribution < -0.4 is 0 Å². The second kappa shape index (κ2) is 5.17. The summed E-state index contributed by atoms with van der Waals surface area (Å²) in [5.74, 6) is 0. The molecule has 5 aromatic rings. The van der Waals surface area contributed by atoms with Crippen molar-refractivity contribution < 1.29 is 0 Å². The SMILES string of the molecule is [c]1nc2ccccc2cc1-c1cccc2cc3ccccc3cc12. The number of aromatic nitrogens is 1. The number of fused-ring (bicyclic) bond motifs is 3. The maximum Gasteiger partial charge on any atom is 0.0979 e. The molecule has 1 radical (unpaired) electrons. The van der Waals surface area contributed by atoms with Crippen molar-refractivity contribution in [2.45, 2.75) is 0 Å². The highest BCUT2D eigenvalue weighted by atomic mass is 14.6. The van der Waals surface area contributed by atoms with E-state index in [1.807, 2.05) is 18.2 Å². The molecule has 24 heavy (non-hydrogen) atoms. The Bertz CT molecular complexity index is 1200. The molecule has 0 fully saturated rings. The zero-order chi connectivity index (χ0) is 15.9. The topological polar surface area (TPSA) is 12.9 Å². The standard InChI is InChI=1S/C23H14N/c1-2-7-17-14-22-18(12-16(17)6-1)9-5-10-21(22)20-13-19-8-3-4-11-23(19)24-15-20/h1-14H. The largest absolute Gasteiger partial charge is 0.245 e. The highest BCUT2D eigenvalue weighted by molar-refractivity contribution is 6.05. The second-order valence-corrected chi connectivity index (χ2v) is 6.07. The molecule has 1 aromatic heterocycles. The van der Waals surface area contributed by atoms with Gasteiger partial charge in [-0.15, -0.1) is 0 Å². The van der Waals surface area contributed by atoms with Crippen molar-refractivity contribution in [3.05, 3.63) is 91.1 Å². The zero-order valence-electron chi connectivity index (χ0n) is 13.0. The van der Waals surface area contributed by atoms with E-state index < -0.39 is 0 Å². The maximum atomic E-state index is 4.50. The van der Waals surface area contributed by atoms with Crippen LogP contribution in [0.1, 0.15) is 0 Å². The van der Waals surface area contributed by atoms with Gasteiger partial charge in [0.05, 0.1) is 11.7 Å². The fourth-order valence-electron chi connectivity index (χ4n) is 3.36. The van der Waals surface area contributed by atoms with Gasteiger partial charge in [0.15, 0.2) is 0 Å². The van der Waals surface area contributed by atoms with Crippen LogP contribution in [0.25, 0.3) is 43.6 Å². The molecule has 0 aliphatic heterocycles. The van der Waals surface area contributed by atoms with E-state index in [0.717, 1.165) is 16.5 Å². The highest BCUT2D eigenvalue weighted by Gasteiger charge is 2.07. The number of rotatable bonds is 1. The van der Waals surface area contributed by atoms with Gasteiger partial charge < -0.3 is 0 Å². The van der Waals surface area contributed by atoms with Crippen molar-refractivity contribution in [3.8, 4) is 11.1 Å². The highest BCUT2D eigenvalue weighted by Crippen LogP contribution is 2.32. The molecule has 0 aliphatic carbocycles. The van der Waals surface area contributed by atoms with Crippen LogP contribution >= 0.6 is 0 Å². The lowest BCUT2D eigenvalue weighted by Crippen LogP contribution is -1.86. The molecular weight excluding hydrogens is 290 g/mol. The normalized spacial score (nSPS) is 11.3. The molecule has 0 saturated heterocycles. The van der Waals surface area contributed by atoms with Gasteiger partial charge in [-0.3, -0.25) is 0 Å². The van der Waals surface area contributed by atoms with Gasteiger partial charge in [0.2, 0.25) is 0 Å². The molecule has 0 atom stereocenters. The van der Waals surface area contributed by atoms with Crippen LogP contribution in [0.15, 0.2) is 84.9 Å². The van der Waals surface area contributed by atoms with Crippen LogP contribution in [-0.2, 0) is 0 Å². The van der Waals surface area contributed by atoms with Gasteiger partial charge in [0.1, 0.15) is 0 Å². The summed E-state index contributed by atoms with van der Waals surface area (Å²) in [7, 11) is 0. The minimum atomic E-state index is 0.979. The summed E-state index contributed by atoms with van der Waals surface area (Å²) in [5, 5.41) is 6.15. The molecule has 0 spiro atoms. The monoisotopic (exact) mass is 304 g/mol. The Labute approximate surface area is 140 Å². The third-order valence-corrected chi connectivity index (χ3v) is 4.57. The second-order valence-electron chi connectivity index (χ2n) is 6.07. The van der Waals surface area contributed by atoms with E-state index in [0.29, 0.717) is 0 Å². The quantitative estimate of drug-likeness (QED) is 0.346. The summed E-state index contributed by atoms with van der Waals surface area (Å²) in [6.45, 7) is 0. The third-order valence-electron chi connectivity index (χ3n) is 4.57. The molecule has 0 saturated carbocycles. The lowest BCUT2D eigenvalue weighted by molar-refractivity contribution is 1.39. The molecule has 0 amide bonds. The predicted octanol–water partition coefficient (Wildman–Crippen LogP) is 6.01. The first kappa shape index (κ1) is 13.3. The summed E-state index contributed by atoms with van der Waals surface area (Å²) in [6, 6.07) is 29.8. The van der Waals surface area contributed by atoms with E-state index >= 15 is 0 Å². The molecule has 5 rings (SSSR count). The molecule has 4 aromatic carbocycles. The molecule has 0 N–H and O–H groups in total. The summed E-state index contributed by atoms with van der Waals surface area (Å²) in [6.07, 6.45) is 3.22. The van der Waals surface area contributed by atoms with Crippen molar-refractivity contribution in [1.29, 1.82) is 0 Å². The van der Waals surface area contributed by atoms with Crippen LogP contribution in [0.2, 0.25) is 0 Å². The van der Waals surface area contributed by atoms with Crippen molar-refractivity contribution in [1.82, 2.24) is 4.98 Å². The Morgan fingerprint density at radius 1 is 0.583 bits per heavy atom. The van der Waals surface area contributed by atoms with Gasteiger partial charge >= 0.3 is 0 Å². The van der Waals surface area contributed by atoms with E-state index in [-0.39, 0.29) is 0 Å².